The summed E-state index contributed by atoms with van der Waals surface area (Å²) in [6.45, 7) is 0. The van der Waals surface area contributed by atoms with E-state index in [1.165, 1.54) is 12.1 Å². The lowest BCUT2D eigenvalue weighted by Gasteiger charge is -2.12. The van der Waals surface area contributed by atoms with Crippen LogP contribution in [-0.2, 0) is 11.2 Å². The SMILES string of the molecule is Fc1ccc(C[C@H](CS)c2nc3ccncc3[nH]2)c(F)c1.O=C(O)C(F)(F)F. The molecule has 150 valence electrons. The number of carbonyl (C=O) groups is 1. The van der Waals surface area contributed by atoms with E-state index in [1.807, 2.05) is 6.07 Å². The number of aromatic nitrogens is 3. The summed E-state index contributed by atoms with van der Waals surface area (Å²) < 4.78 is 58.4. The number of thiol groups is 1. The number of carboxylic acids is 1. The fourth-order valence-electron chi connectivity index (χ4n) is 2.27. The van der Waals surface area contributed by atoms with Crippen LogP contribution in [0.15, 0.2) is 36.7 Å². The average Bonchev–Trinajstić information content (AvgIpc) is 3.04. The molecule has 2 heterocycles. The van der Waals surface area contributed by atoms with E-state index in [0.717, 1.165) is 22.9 Å². The molecule has 0 aliphatic rings. The van der Waals surface area contributed by atoms with Gasteiger partial charge in [0.1, 0.15) is 17.5 Å². The zero-order valence-corrected chi connectivity index (χ0v) is 14.9. The maximum atomic E-state index is 13.8. The van der Waals surface area contributed by atoms with Gasteiger partial charge in [-0.3, -0.25) is 4.98 Å². The predicted molar refractivity (Wildman–Crippen MR) is 94.2 cm³/mol. The number of nitrogens with one attached hydrogen (secondary N) is 1. The Morgan fingerprint density at radius 1 is 1.25 bits per heavy atom. The van der Waals surface area contributed by atoms with Gasteiger partial charge in [-0.2, -0.15) is 25.8 Å². The van der Waals surface area contributed by atoms with E-state index in [0.29, 0.717) is 17.7 Å². The van der Waals surface area contributed by atoms with Gasteiger partial charge in [-0.25, -0.2) is 18.6 Å². The zero-order valence-electron chi connectivity index (χ0n) is 14.0. The standard InChI is InChI=1S/C15H13F2N3S.C2HF3O2/c16-11-2-1-9(12(17)6-11)5-10(8-21)15-19-13-3-4-18-7-14(13)20-15;3-2(4,5)1(6)7/h1-4,6-7,10,21H,5,8H2,(H,19,20);(H,6,7)/t10-;/m1./s1. The third-order valence-electron chi connectivity index (χ3n) is 3.63. The van der Waals surface area contributed by atoms with Gasteiger partial charge in [0.25, 0.3) is 0 Å². The molecule has 0 fully saturated rings. The predicted octanol–water partition coefficient (Wildman–Crippen LogP) is 4.13. The number of aliphatic carboxylic acids is 1. The van der Waals surface area contributed by atoms with E-state index in [4.69, 9.17) is 9.90 Å². The van der Waals surface area contributed by atoms with Crippen LogP contribution in [0.5, 0.6) is 0 Å². The summed E-state index contributed by atoms with van der Waals surface area (Å²) in [6.07, 6.45) is -1.31. The van der Waals surface area contributed by atoms with Crippen molar-refractivity contribution in [3.63, 3.8) is 0 Å². The first-order valence-electron chi connectivity index (χ1n) is 7.76. The van der Waals surface area contributed by atoms with E-state index >= 15 is 0 Å². The fourth-order valence-corrected chi connectivity index (χ4v) is 2.57. The minimum atomic E-state index is -5.08. The summed E-state index contributed by atoms with van der Waals surface area (Å²) in [5, 5.41) is 7.12. The lowest BCUT2D eigenvalue weighted by atomic mass is 10.00. The first kappa shape index (κ1) is 21.6. The molecule has 1 atom stereocenters. The van der Waals surface area contributed by atoms with Crippen molar-refractivity contribution in [2.24, 2.45) is 0 Å². The molecule has 5 nitrogen and oxygen atoms in total. The van der Waals surface area contributed by atoms with Crippen LogP contribution in [0.3, 0.4) is 0 Å². The van der Waals surface area contributed by atoms with E-state index in [9.17, 15) is 22.0 Å². The van der Waals surface area contributed by atoms with E-state index in [-0.39, 0.29) is 5.92 Å². The molecule has 28 heavy (non-hydrogen) atoms. The molecule has 2 aromatic heterocycles. The van der Waals surface area contributed by atoms with Crippen molar-refractivity contribution in [2.75, 3.05) is 5.75 Å². The molecule has 3 rings (SSSR count). The Morgan fingerprint density at radius 2 is 1.93 bits per heavy atom. The van der Waals surface area contributed by atoms with Crippen LogP contribution in [-0.4, -0.2) is 38.0 Å². The van der Waals surface area contributed by atoms with E-state index in [2.05, 4.69) is 27.6 Å². The highest BCUT2D eigenvalue weighted by Gasteiger charge is 2.38. The van der Waals surface area contributed by atoms with Gasteiger partial charge in [0.15, 0.2) is 0 Å². The van der Waals surface area contributed by atoms with Gasteiger partial charge in [-0.1, -0.05) is 6.07 Å². The lowest BCUT2D eigenvalue weighted by molar-refractivity contribution is -0.192. The molecule has 0 aliphatic heterocycles. The van der Waals surface area contributed by atoms with Crippen molar-refractivity contribution in [3.8, 4) is 0 Å². The first-order valence-corrected chi connectivity index (χ1v) is 8.39. The fraction of sp³-hybridized carbons (Fsp3) is 0.235. The largest absolute Gasteiger partial charge is 0.490 e. The summed E-state index contributed by atoms with van der Waals surface area (Å²) in [5.41, 5.74) is 2.10. The van der Waals surface area contributed by atoms with Crippen LogP contribution in [0.25, 0.3) is 11.0 Å². The number of halogens is 5. The maximum Gasteiger partial charge on any atom is 0.490 e. The first-order chi connectivity index (χ1) is 13.1. The Hall–Kier alpha value is -2.69. The number of alkyl halides is 3. The summed E-state index contributed by atoms with van der Waals surface area (Å²) in [6, 6.07) is 5.43. The van der Waals surface area contributed by atoms with Crippen molar-refractivity contribution in [1.29, 1.82) is 0 Å². The van der Waals surface area contributed by atoms with Gasteiger partial charge in [0.2, 0.25) is 0 Å². The second-order valence-electron chi connectivity index (χ2n) is 5.64. The molecule has 2 N–H and O–H groups in total. The quantitative estimate of drug-likeness (QED) is 0.439. The number of hydrogen-bond acceptors (Lipinski definition) is 4. The second kappa shape index (κ2) is 9.00. The molecule has 0 bridgehead atoms. The summed E-state index contributed by atoms with van der Waals surface area (Å²) in [7, 11) is 0. The summed E-state index contributed by atoms with van der Waals surface area (Å²) >= 11 is 4.32. The number of nitrogens with zero attached hydrogens (tertiary/aromatic N) is 2. The molecule has 0 saturated heterocycles. The van der Waals surface area contributed by atoms with Crippen LogP contribution < -0.4 is 0 Å². The molecule has 0 saturated carbocycles. The van der Waals surface area contributed by atoms with Crippen molar-refractivity contribution in [3.05, 3.63) is 59.7 Å². The van der Waals surface area contributed by atoms with Crippen LogP contribution in [0.1, 0.15) is 17.3 Å². The normalized spacial score (nSPS) is 12.4. The molecule has 11 heteroatoms. The highest BCUT2D eigenvalue weighted by molar-refractivity contribution is 7.80. The molecule has 0 unspecified atom stereocenters. The number of imidazole rings is 1. The van der Waals surface area contributed by atoms with Gasteiger partial charge < -0.3 is 10.1 Å². The Labute approximate surface area is 161 Å². The van der Waals surface area contributed by atoms with Gasteiger partial charge in [0.05, 0.1) is 17.2 Å². The molecule has 3 aromatic rings. The molecule has 0 amide bonds. The Bertz CT molecular complexity index is 928. The number of pyridine rings is 1. The molecule has 0 aliphatic carbocycles. The average molecular weight is 419 g/mol. The van der Waals surface area contributed by atoms with Crippen LogP contribution >= 0.6 is 12.6 Å². The number of H-pyrrole nitrogens is 1. The number of rotatable bonds is 4. The maximum absolute atomic E-state index is 13.8. The molecular weight excluding hydrogens is 405 g/mol. The number of hydrogen-bond donors (Lipinski definition) is 3. The molecule has 1 aromatic carbocycles. The summed E-state index contributed by atoms with van der Waals surface area (Å²) in [5.74, 6) is -2.72. The van der Waals surface area contributed by atoms with Gasteiger partial charge in [0, 0.05) is 23.9 Å². The number of carboxylic acid groups (broad SMARTS) is 1. The van der Waals surface area contributed by atoms with Crippen molar-refractivity contribution in [2.45, 2.75) is 18.5 Å². The minimum absolute atomic E-state index is 0.0827. The number of fused-ring (bicyclic) bond motifs is 1. The highest BCUT2D eigenvalue weighted by Crippen LogP contribution is 2.24. The van der Waals surface area contributed by atoms with Gasteiger partial charge in [-0.05, 0) is 24.1 Å². The smallest absolute Gasteiger partial charge is 0.475 e. The number of aromatic amines is 1. The van der Waals surface area contributed by atoms with Crippen LogP contribution in [0.4, 0.5) is 22.0 Å². The Kier molecular flexibility index (Phi) is 6.95. The van der Waals surface area contributed by atoms with E-state index < -0.39 is 23.8 Å². The Balaban J connectivity index is 0.000000345. The summed E-state index contributed by atoms with van der Waals surface area (Å²) in [4.78, 5) is 20.6. The van der Waals surface area contributed by atoms with Crippen molar-refractivity contribution in [1.82, 2.24) is 15.0 Å². The second-order valence-corrected chi connectivity index (χ2v) is 6.00. The lowest BCUT2D eigenvalue weighted by Crippen LogP contribution is -2.21. The Morgan fingerprint density at radius 3 is 2.46 bits per heavy atom. The molecule has 0 spiro atoms. The van der Waals surface area contributed by atoms with Gasteiger partial charge in [-0.15, -0.1) is 0 Å². The zero-order chi connectivity index (χ0) is 20.9. The molecular formula is C17H14F5N3O2S. The number of benzene rings is 1. The van der Waals surface area contributed by atoms with Gasteiger partial charge >= 0.3 is 12.1 Å². The minimum Gasteiger partial charge on any atom is -0.475 e. The van der Waals surface area contributed by atoms with Crippen molar-refractivity contribution < 1.29 is 31.9 Å². The van der Waals surface area contributed by atoms with Crippen molar-refractivity contribution >= 4 is 29.6 Å². The topological polar surface area (TPSA) is 78.9 Å². The van der Waals surface area contributed by atoms with Crippen LogP contribution in [0, 0.1) is 11.6 Å². The monoisotopic (exact) mass is 419 g/mol. The third kappa shape index (κ3) is 5.65. The van der Waals surface area contributed by atoms with E-state index in [1.54, 1.807) is 12.4 Å². The highest BCUT2D eigenvalue weighted by atomic mass is 32.1. The third-order valence-corrected chi connectivity index (χ3v) is 4.07. The van der Waals surface area contributed by atoms with Crippen LogP contribution in [0.2, 0.25) is 0 Å². The molecule has 0 radical (unpaired) electrons.